The maximum atomic E-state index is 13.2. The van der Waals surface area contributed by atoms with Gasteiger partial charge in [0.15, 0.2) is 5.69 Å². The third-order valence-corrected chi connectivity index (χ3v) is 4.31. The van der Waals surface area contributed by atoms with Gasteiger partial charge in [0.1, 0.15) is 6.54 Å². The van der Waals surface area contributed by atoms with Crippen molar-refractivity contribution in [1.82, 2.24) is 9.78 Å². The summed E-state index contributed by atoms with van der Waals surface area (Å²) < 4.78 is 40.8. The number of amides is 2. The lowest BCUT2D eigenvalue weighted by atomic mass is 9.95. The van der Waals surface area contributed by atoms with Crippen LogP contribution in [0.4, 0.5) is 24.5 Å². The van der Waals surface area contributed by atoms with Crippen molar-refractivity contribution < 1.29 is 22.8 Å². The van der Waals surface area contributed by atoms with E-state index >= 15 is 0 Å². The van der Waals surface area contributed by atoms with Crippen molar-refractivity contribution in [3.8, 4) is 0 Å². The number of nitrogens with zero attached hydrogens (tertiary/aromatic N) is 2. The van der Waals surface area contributed by atoms with Crippen molar-refractivity contribution in [2.45, 2.75) is 45.3 Å². The topological polar surface area (TPSA) is 76.0 Å². The Morgan fingerprint density at radius 1 is 1.07 bits per heavy atom. The SMILES string of the molecule is CC(=O)Nc1ccc(NC(=O)Cn2nc(C(F)(F)F)c3c2CCCC3)cc1. The quantitative estimate of drug-likeness (QED) is 0.854. The Morgan fingerprint density at radius 2 is 1.67 bits per heavy atom. The lowest BCUT2D eigenvalue weighted by Crippen LogP contribution is -2.21. The average Bonchev–Trinajstić information content (AvgIpc) is 2.95. The molecule has 0 aliphatic heterocycles. The van der Waals surface area contributed by atoms with Crippen molar-refractivity contribution in [3.63, 3.8) is 0 Å². The van der Waals surface area contributed by atoms with Crippen LogP contribution in [0.5, 0.6) is 0 Å². The first kappa shape index (κ1) is 18.9. The molecule has 1 aliphatic carbocycles. The molecule has 0 saturated carbocycles. The number of alkyl halides is 3. The van der Waals surface area contributed by atoms with Crippen LogP contribution < -0.4 is 10.6 Å². The van der Waals surface area contributed by atoms with E-state index < -0.39 is 17.8 Å². The van der Waals surface area contributed by atoms with Crippen LogP contribution in [0, 0.1) is 0 Å². The molecule has 0 saturated heterocycles. The summed E-state index contributed by atoms with van der Waals surface area (Å²) in [6.45, 7) is 1.10. The zero-order chi connectivity index (χ0) is 19.6. The fraction of sp³-hybridized carbons (Fsp3) is 0.389. The minimum atomic E-state index is -4.53. The molecule has 1 aromatic heterocycles. The number of nitrogens with one attached hydrogen (secondary N) is 2. The third kappa shape index (κ3) is 4.47. The van der Waals surface area contributed by atoms with Gasteiger partial charge in [-0.05, 0) is 49.9 Å². The van der Waals surface area contributed by atoms with Gasteiger partial charge in [0.2, 0.25) is 11.8 Å². The zero-order valence-corrected chi connectivity index (χ0v) is 14.7. The molecule has 0 spiro atoms. The van der Waals surface area contributed by atoms with Crippen LogP contribution in [0.15, 0.2) is 24.3 Å². The number of hydrogen-bond acceptors (Lipinski definition) is 3. The van der Waals surface area contributed by atoms with Crippen molar-refractivity contribution in [1.29, 1.82) is 0 Å². The summed E-state index contributed by atoms with van der Waals surface area (Å²) in [5, 5.41) is 8.91. The molecular formula is C18H19F3N4O2. The van der Waals surface area contributed by atoms with E-state index in [-0.39, 0.29) is 18.0 Å². The van der Waals surface area contributed by atoms with Crippen LogP contribution in [-0.4, -0.2) is 21.6 Å². The maximum Gasteiger partial charge on any atom is 0.435 e. The standard InChI is InChI=1S/C18H19F3N4O2/c1-11(26)22-12-6-8-13(9-7-12)23-16(27)10-25-15-5-3-2-4-14(15)17(24-25)18(19,20)21/h6-9H,2-5,10H2,1H3,(H,22,26)(H,23,27). The van der Waals surface area contributed by atoms with Gasteiger partial charge in [-0.2, -0.15) is 18.3 Å². The molecule has 2 amide bonds. The summed E-state index contributed by atoms with van der Waals surface area (Å²) in [4.78, 5) is 23.3. The van der Waals surface area contributed by atoms with Crippen molar-refractivity contribution in [2.75, 3.05) is 10.6 Å². The van der Waals surface area contributed by atoms with Crippen molar-refractivity contribution in [2.24, 2.45) is 0 Å². The largest absolute Gasteiger partial charge is 0.435 e. The van der Waals surface area contributed by atoms with Gasteiger partial charge in [0.05, 0.1) is 0 Å². The molecule has 9 heteroatoms. The van der Waals surface area contributed by atoms with Crippen LogP contribution in [0.2, 0.25) is 0 Å². The number of anilines is 2. The summed E-state index contributed by atoms with van der Waals surface area (Å²) in [7, 11) is 0. The molecule has 2 aromatic rings. The average molecular weight is 380 g/mol. The first-order valence-corrected chi connectivity index (χ1v) is 8.57. The normalized spacial score (nSPS) is 13.8. The fourth-order valence-corrected chi connectivity index (χ4v) is 3.21. The Balaban J connectivity index is 1.73. The second-order valence-electron chi connectivity index (χ2n) is 6.44. The Kier molecular flexibility index (Phi) is 5.20. The molecule has 1 heterocycles. The predicted molar refractivity (Wildman–Crippen MR) is 93.2 cm³/mol. The van der Waals surface area contributed by atoms with E-state index in [1.165, 1.54) is 11.6 Å². The predicted octanol–water partition coefficient (Wildman–Crippen LogP) is 3.38. The van der Waals surface area contributed by atoms with Gasteiger partial charge >= 0.3 is 6.18 Å². The van der Waals surface area contributed by atoms with E-state index in [0.717, 1.165) is 6.42 Å². The van der Waals surface area contributed by atoms with E-state index in [0.29, 0.717) is 36.3 Å². The van der Waals surface area contributed by atoms with Crippen LogP contribution in [-0.2, 0) is 35.2 Å². The first-order valence-electron chi connectivity index (χ1n) is 8.57. The monoisotopic (exact) mass is 380 g/mol. The van der Waals surface area contributed by atoms with Gasteiger partial charge in [0.25, 0.3) is 0 Å². The molecule has 27 heavy (non-hydrogen) atoms. The highest BCUT2D eigenvalue weighted by molar-refractivity contribution is 5.92. The van der Waals surface area contributed by atoms with Gasteiger partial charge in [-0.3, -0.25) is 14.3 Å². The summed E-state index contributed by atoms with van der Waals surface area (Å²) in [6, 6.07) is 6.44. The second-order valence-corrected chi connectivity index (χ2v) is 6.44. The molecule has 0 fully saturated rings. The molecule has 0 unspecified atom stereocenters. The van der Waals surface area contributed by atoms with Crippen molar-refractivity contribution >= 4 is 23.2 Å². The first-order chi connectivity index (χ1) is 12.7. The molecule has 0 bridgehead atoms. The molecular weight excluding hydrogens is 361 g/mol. The molecule has 3 rings (SSSR count). The third-order valence-electron chi connectivity index (χ3n) is 4.31. The van der Waals surface area contributed by atoms with E-state index in [9.17, 15) is 22.8 Å². The van der Waals surface area contributed by atoms with Crippen LogP contribution in [0.25, 0.3) is 0 Å². The number of rotatable bonds is 4. The number of fused-ring (bicyclic) bond motifs is 1. The molecule has 1 aromatic carbocycles. The Hall–Kier alpha value is -2.84. The number of carbonyl (C=O) groups is 2. The Morgan fingerprint density at radius 3 is 2.26 bits per heavy atom. The number of benzene rings is 1. The highest BCUT2D eigenvalue weighted by Gasteiger charge is 2.39. The summed E-state index contributed by atoms with van der Waals surface area (Å²) >= 11 is 0. The number of hydrogen-bond donors (Lipinski definition) is 2. The molecule has 2 N–H and O–H groups in total. The molecule has 144 valence electrons. The second kappa shape index (κ2) is 7.42. The smallest absolute Gasteiger partial charge is 0.326 e. The van der Waals surface area contributed by atoms with Crippen LogP contribution >= 0.6 is 0 Å². The van der Waals surface area contributed by atoms with Crippen LogP contribution in [0.3, 0.4) is 0 Å². The van der Waals surface area contributed by atoms with Gasteiger partial charge < -0.3 is 10.6 Å². The zero-order valence-electron chi connectivity index (χ0n) is 14.7. The molecule has 0 radical (unpaired) electrons. The maximum absolute atomic E-state index is 13.2. The van der Waals surface area contributed by atoms with E-state index in [1.807, 2.05) is 0 Å². The summed E-state index contributed by atoms with van der Waals surface area (Å²) in [5.74, 6) is -0.678. The molecule has 1 aliphatic rings. The minimum Gasteiger partial charge on any atom is -0.326 e. The molecule has 0 atom stereocenters. The number of aromatic nitrogens is 2. The minimum absolute atomic E-state index is 0.209. The Labute approximate surface area is 153 Å². The highest BCUT2D eigenvalue weighted by atomic mass is 19.4. The lowest BCUT2D eigenvalue weighted by Gasteiger charge is -2.14. The fourth-order valence-electron chi connectivity index (χ4n) is 3.21. The lowest BCUT2D eigenvalue weighted by molar-refractivity contribution is -0.142. The summed E-state index contributed by atoms with van der Waals surface area (Å²) in [5.41, 5.74) is 0.873. The van der Waals surface area contributed by atoms with E-state index in [4.69, 9.17) is 0 Å². The van der Waals surface area contributed by atoms with E-state index in [1.54, 1.807) is 24.3 Å². The Bertz CT molecular complexity index is 857. The number of halogens is 3. The van der Waals surface area contributed by atoms with Gasteiger partial charge in [-0.25, -0.2) is 0 Å². The van der Waals surface area contributed by atoms with Gasteiger partial charge in [-0.1, -0.05) is 0 Å². The molecule has 6 nitrogen and oxygen atoms in total. The highest BCUT2D eigenvalue weighted by Crippen LogP contribution is 2.35. The number of carbonyl (C=O) groups excluding carboxylic acids is 2. The van der Waals surface area contributed by atoms with E-state index in [2.05, 4.69) is 15.7 Å². The summed E-state index contributed by atoms with van der Waals surface area (Å²) in [6.07, 6.45) is -2.24. The van der Waals surface area contributed by atoms with Crippen molar-refractivity contribution in [3.05, 3.63) is 41.2 Å². The van der Waals surface area contributed by atoms with Gasteiger partial charge in [0, 0.05) is 29.6 Å². The van der Waals surface area contributed by atoms with Crippen LogP contribution in [0.1, 0.15) is 36.7 Å². The van der Waals surface area contributed by atoms with Gasteiger partial charge in [-0.15, -0.1) is 0 Å².